The maximum Gasteiger partial charge on any atom is 0.260 e. The molecule has 3 rings (SSSR count). The molecule has 2 heterocycles. The van der Waals surface area contributed by atoms with Crippen molar-refractivity contribution in [3.63, 3.8) is 0 Å². The van der Waals surface area contributed by atoms with E-state index < -0.39 is 11.7 Å². The number of halogens is 2. The fourth-order valence-corrected chi connectivity index (χ4v) is 3.00. The number of hydrogen-bond acceptors (Lipinski definition) is 5. The van der Waals surface area contributed by atoms with Crippen molar-refractivity contribution < 1.29 is 13.9 Å². The minimum Gasteiger partial charge on any atom is -0.486 e. The summed E-state index contributed by atoms with van der Waals surface area (Å²) in [4.78, 5) is 17.0. The van der Waals surface area contributed by atoms with E-state index in [9.17, 15) is 4.79 Å². The number of anilines is 2. The molecular formula is C22H21ClFN5O2. The molecule has 31 heavy (non-hydrogen) atoms. The molecule has 9 heteroatoms. The van der Waals surface area contributed by atoms with Crippen LogP contribution in [0, 0.1) is 5.82 Å². The number of nitrogens with zero attached hydrogens (tertiary/aromatic N) is 2. The van der Waals surface area contributed by atoms with Crippen molar-refractivity contribution in [2.24, 2.45) is 0 Å². The number of fused-ring (bicyclic) bond motifs is 1. The Kier molecular flexibility index (Phi) is 7.04. The Morgan fingerprint density at radius 1 is 1.42 bits per heavy atom. The molecule has 0 radical (unpaired) electrons. The van der Waals surface area contributed by atoms with E-state index in [1.807, 2.05) is 19.1 Å². The first-order valence-electron chi connectivity index (χ1n) is 9.36. The molecule has 0 fully saturated rings. The SMILES string of the molecule is C=CC(=CC=CC)COc1ccc(Cl)c(C(=O)Nc2cnc3[nH]nc(NC)c3c2)c1F. The van der Waals surface area contributed by atoms with Gasteiger partial charge >= 0.3 is 0 Å². The third-order valence-corrected chi connectivity index (χ3v) is 4.67. The average Bonchev–Trinajstić information content (AvgIpc) is 3.17. The number of benzene rings is 1. The highest BCUT2D eigenvalue weighted by molar-refractivity contribution is 6.34. The average molecular weight is 442 g/mol. The van der Waals surface area contributed by atoms with Gasteiger partial charge in [0.2, 0.25) is 0 Å². The maximum atomic E-state index is 15.0. The van der Waals surface area contributed by atoms with Gasteiger partial charge in [0, 0.05) is 7.05 Å². The normalized spacial score (nSPS) is 11.7. The van der Waals surface area contributed by atoms with Crippen molar-refractivity contribution in [3.05, 3.63) is 77.3 Å². The summed E-state index contributed by atoms with van der Waals surface area (Å²) in [5.41, 5.74) is 1.34. The molecule has 0 saturated carbocycles. The number of pyridine rings is 1. The first-order chi connectivity index (χ1) is 15.0. The van der Waals surface area contributed by atoms with E-state index >= 15 is 4.39 Å². The second-order valence-corrected chi connectivity index (χ2v) is 6.80. The van der Waals surface area contributed by atoms with Gasteiger partial charge in [-0.25, -0.2) is 9.37 Å². The van der Waals surface area contributed by atoms with Crippen molar-refractivity contribution >= 4 is 40.0 Å². The zero-order chi connectivity index (χ0) is 22.4. The molecule has 160 valence electrons. The predicted octanol–water partition coefficient (Wildman–Crippen LogP) is 5.11. The standard InChI is InChI=1S/C22H21ClFN5O2/c1-4-6-7-13(5-2)12-31-17-9-8-16(23)18(19(17)24)22(30)27-14-10-15-20(25-3)28-29-21(15)26-11-14/h4-11H,2,12H2,1,3H3,(H,27,30)(H2,25,26,28,29). The highest BCUT2D eigenvalue weighted by Crippen LogP contribution is 2.29. The fourth-order valence-electron chi connectivity index (χ4n) is 2.76. The van der Waals surface area contributed by atoms with Crippen LogP contribution in [0.3, 0.4) is 0 Å². The van der Waals surface area contributed by atoms with Crippen molar-refractivity contribution in [2.45, 2.75) is 6.92 Å². The van der Waals surface area contributed by atoms with Gasteiger partial charge in [0.1, 0.15) is 6.61 Å². The largest absolute Gasteiger partial charge is 0.486 e. The van der Waals surface area contributed by atoms with E-state index in [-0.39, 0.29) is 22.9 Å². The van der Waals surface area contributed by atoms with Crippen molar-refractivity contribution in [3.8, 4) is 5.75 Å². The number of allylic oxidation sites excluding steroid dienone is 3. The summed E-state index contributed by atoms with van der Waals surface area (Å²) in [6.07, 6.45) is 8.52. The Morgan fingerprint density at radius 2 is 2.23 bits per heavy atom. The third-order valence-electron chi connectivity index (χ3n) is 4.35. The molecule has 0 aliphatic carbocycles. The summed E-state index contributed by atoms with van der Waals surface area (Å²) in [5.74, 6) is -1.10. The van der Waals surface area contributed by atoms with Gasteiger partial charge in [-0.2, -0.15) is 5.10 Å². The molecule has 1 amide bonds. The number of carbonyl (C=O) groups excluding carboxylic acids is 1. The van der Waals surface area contributed by atoms with Gasteiger partial charge in [-0.05, 0) is 30.7 Å². The van der Waals surface area contributed by atoms with Crippen LogP contribution in [-0.4, -0.2) is 34.7 Å². The lowest BCUT2D eigenvalue weighted by Crippen LogP contribution is -2.15. The van der Waals surface area contributed by atoms with Crippen molar-refractivity contribution in [1.29, 1.82) is 0 Å². The molecule has 0 aliphatic rings. The van der Waals surface area contributed by atoms with Crippen LogP contribution in [-0.2, 0) is 0 Å². The van der Waals surface area contributed by atoms with Crippen LogP contribution < -0.4 is 15.4 Å². The highest BCUT2D eigenvalue weighted by Gasteiger charge is 2.21. The van der Waals surface area contributed by atoms with Crippen LogP contribution in [0.15, 0.2) is 60.9 Å². The highest BCUT2D eigenvalue weighted by atomic mass is 35.5. The van der Waals surface area contributed by atoms with Crippen molar-refractivity contribution in [1.82, 2.24) is 15.2 Å². The summed E-state index contributed by atoms with van der Waals surface area (Å²) >= 11 is 6.11. The molecule has 0 spiro atoms. The molecule has 0 atom stereocenters. The van der Waals surface area contributed by atoms with Crippen LogP contribution >= 0.6 is 11.6 Å². The minimum absolute atomic E-state index is 0.0379. The second-order valence-electron chi connectivity index (χ2n) is 6.39. The molecule has 3 aromatic rings. The van der Waals surface area contributed by atoms with E-state index in [4.69, 9.17) is 16.3 Å². The smallest absolute Gasteiger partial charge is 0.260 e. The molecule has 0 unspecified atom stereocenters. The number of H-pyrrole nitrogens is 1. The molecule has 0 saturated heterocycles. The lowest BCUT2D eigenvalue weighted by molar-refractivity contribution is 0.102. The molecular weight excluding hydrogens is 421 g/mol. The number of ether oxygens (including phenoxy) is 1. The van der Waals surface area contributed by atoms with Gasteiger partial charge in [0.25, 0.3) is 5.91 Å². The number of rotatable bonds is 8. The van der Waals surface area contributed by atoms with Crippen LogP contribution in [0.5, 0.6) is 5.75 Å². The second kappa shape index (κ2) is 9.90. The third kappa shape index (κ3) is 4.92. The molecule has 3 N–H and O–H groups in total. The number of carbonyl (C=O) groups is 1. The first kappa shape index (κ1) is 22.0. The number of aromatic amines is 1. The van der Waals surface area contributed by atoms with Crippen LogP contribution in [0.4, 0.5) is 15.9 Å². The summed E-state index contributed by atoms with van der Waals surface area (Å²) in [6.45, 7) is 5.67. The van der Waals surface area contributed by atoms with E-state index in [0.29, 0.717) is 22.5 Å². The van der Waals surface area contributed by atoms with Gasteiger partial charge in [-0.1, -0.05) is 42.5 Å². The maximum absolute atomic E-state index is 15.0. The fraction of sp³-hybridized carbons (Fsp3) is 0.136. The zero-order valence-electron chi connectivity index (χ0n) is 17.0. The quantitative estimate of drug-likeness (QED) is 0.422. The Balaban J connectivity index is 1.84. The first-order valence-corrected chi connectivity index (χ1v) is 9.74. The lowest BCUT2D eigenvalue weighted by Gasteiger charge is -2.12. The number of nitrogens with one attached hydrogen (secondary N) is 3. The Morgan fingerprint density at radius 3 is 2.94 bits per heavy atom. The van der Waals surface area contributed by atoms with Crippen LogP contribution in [0.2, 0.25) is 5.02 Å². The number of amides is 1. The van der Waals surface area contributed by atoms with E-state index in [0.717, 1.165) is 5.57 Å². The molecule has 2 aromatic heterocycles. The minimum atomic E-state index is -0.854. The molecule has 0 aliphatic heterocycles. The summed E-state index contributed by atoms with van der Waals surface area (Å²) in [7, 11) is 1.72. The number of aromatic nitrogens is 3. The zero-order valence-corrected chi connectivity index (χ0v) is 17.8. The van der Waals surface area contributed by atoms with E-state index in [1.54, 1.807) is 25.3 Å². The van der Waals surface area contributed by atoms with Gasteiger partial charge in [-0.3, -0.25) is 9.89 Å². The summed E-state index contributed by atoms with van der Waals surface area (Å²) in [6, 6.07) is 4.46. The Labute approximate surface area is 183 Å². The van der Waals surface area contributed by atoms with Gasteiger partial charge in [-0.15, -0.1) is 0 Å². The van der Waals surface area contributed by atoms with Gasteiger partial charge < -0.3 is 15.4 Å². The van der Waals surface area contributed by atoms with Crippen LogP contribution in [0.1, 0.15) is 17.3 Å². The van der Waals surface area contributed by atoms with Gasteiger partial charge in [0.05, 0.1) is 27.9 Å². The van der Waals surface area contributed by atoms with Crippen molar-refractivity contribution in [2.75, 3.05) is 24.3 Å². The van der Waals surface area contributed by atoms with E-state index in [1.165, 1.54) is 18.3 Å². The molecule has 0 bridgehead atoms. The van der Waals surface area contributed by atoms with Crippen LogP contribution in [0.25, 0.3) is 11.0 Å². The Hall–Kier alpha value is -3.65. The monoisotopic (exact) mass is 441 g/mol. The lowest BCUT2D eigenvalue weighted by atomic mass is 10.1. The number of hydrogen-bond donors (Lipinski definition) is 3. The topological polar surface area (TPSA) is 91.9 Å². The summed E-state index contributed by atoms with van der Waals surface area (Å²) in [5, 5.41) is 13.0. The Bertz CT molecular complexity index is 1190. The molecule has 1 aromatic carbocycles. The van der Waals surface area contributed by atoms with E-state index in [2.05, 4.69) is 32.4 Å². The summed E-state index contributed by atoms with van der Waals surface area (Å²) < 4.78 is 20.6. The van der Waals surface area contributed by atoms with Gasteiger partial charge in [0.15, 0.2) is 23.0 Å². The molecule has 7 nitrogen and oxygen atoms in total. The predicted molar refractivity (Wildman–Crippen MR) is 121 cm³/mol.